The quantitative estimate of drug-likeness (QED) is 0.546. The fourth-order valence-electron chi connectivity index (χ4n) is 4.12. The summed E-state index contributed by atoms with van der Waals surface area (Å²) in [6, 6.07) is 10.3. The second-order valence-electron chi connectivity index (χ2n) is 7.37. The molecule has 0 radical (unpaired) electrons. The van der Waals surface area contributed by atoms with Crippen molar-refractivity contribution in [2.75, 3.05) is 12.3 Å². The molecule has 4 aromatic rings. The Kier molecular flexibility index (Phi) is 4.28. The Morgan fingerprint density at radius 1 is 1.14 bits per heavy atom. The lowest BCUT2D eigenvalue weighted by atomic mass is 10.1. The summed E-state index contributed by atoms with van der Waals surface area (Å²) in [5, 5.41) is 2.58. The van der Waals surface area contributed by atoms with Crippen LogP contribution < -0.4 is 10.5 Å². The SMILES string of the molecule is Nc1ncnc2c1ccn2[C@H]1CC[C@@H](COc2ccc3cc(Cl)cnc3c2)C1. The maximum atomic E-state index is 6.07. The minimum atomic E-state index is 0.417. The van der Waals surface area contributed by atoms with Crippen molar-refractivity contribution in [3.8, 4) is 5.75 Å². The van der Waals surface area contributed by atoms with Gasteiger partial charge in [0.2, 0.25) is 0 Å². The third-order valence-electron chi connectivity index (χ3n) is 5.55. The van der Waals surface area contributed by atoms with E-state index in [1.165, 1.54) is 6.33 Å². The molecule has 1 saturated carbocycles. The van der Waals surface area contributed by atoms with Crippen molar-refractivity contribution >= 4 is 39.4 Å². The van der Waals surface area contributed by atoms with Crippen LogP contribution in [-0.4, -0.2) is 26.1 Å². The summed E-state index contributed by atoms with van der Waals surface area (Å²) in [6.07, 6.45) is 8.57. The van der Waals surface area contributed by atoms with Gasteiger partial charge in [0.15, 0.2) is 0 Å². The first kappa shape index (κ1) is 17.3. The topological polar surface area (TPSA) is 78.8 Å². The summed E-state index contributed by atoms with van der Waals surface area (Å²) < 4.78 is 8.31. The number of rotatable bonds is 4. The number of fused-ring (bicyclic) bond motifs is 2. The monoisotopic (exact) mass is 393 g/mol. The highest BCUT2D eigenvalue weighted by Crippen LogP contribution is 2.37. The molecule has 0 bridgehead atoms. The van der Waals surface area contributed by atoms with Crippen molar-refractivity contribution in [2.24, 2.45) is 5.92 Å². The van der Waals surface area contributed by atoms with Gasteiger partial charge in [0.25, 0.3) is 0 Å². The maximum Gasteiger partial charge on any atom is 0.145 e. The number of anilines is 1. The number of nitrogens with zero attached hydrogens (tertiary/aromatic N) is 4. The predicted molar refractivity (Wildman–Crippen MR) is 111 cm³/mol. The smallest absolute Gasteiger partial charge is 0.145 e. The highest BCUT2D eigenvalue weighted by molar-refractivity contribution is 6.31. The van der Waals surface area contributed by atoms with Crippen LogP contribution in [-0.2, 0) is 0 Å². The summed E-state index contributed by atoms with van der Waals surface area (Å²) >= 11 is 6.00. The van der Waals surface area contributed by atoms with Crippen LogP contribution in [0.3, 0.4) is 0 Å². The van der Waals surface area contributed by atoms with Crippen molar-refractivity contribution in [2.45, 2.75) is 25.3 Å². The number of hydrogen-bond donors (Lipinski definition) is 1. The molecule has 7 heteroatoms. The second kappa shape index (κ2) is 6.95. The normalized spacial score (nSPS) is 19.5. The highest BCUT2D eigenvalue weighted by Gasteiger charge is 2.27. The Morgan fingerprint density at radius 2 is 2.07 bits per heavy atom. The van der Waals surface area contributed by atoms with Gasteiger partial charge < -0.3 is 15.0 Å². The van der Waals surface area contributed by atoms with Gasteiger partial charge in [-0.1, -0.05) is 11.6 Å². The van der Waals surface area contributed by atoms with Gasteiger partial charge in [0.1, 0.15) is 23.5 Å². The van der Waals surface area contributed by atoms with E-state index in [0.29, 0.717) is 29.4 Å². The van der Waals surface area contributed by atoms with Gasteiger partial charge in [-0.3, -0.25) is 4.98 Å². The molecule has 1 aliphatic carbocycles. The van der Waals surface area contributed by atoms with Gasteiger partial charge in [0, 0.05) is 29.9 Å². The standard InChI is InChI=1S/C21H20ClN5O/c22-15-8-14-2-4-17(9-19(14)24-10-15)28-11-13-1-3-16(7-13)27-6-5-18-20(23)25-12-26-21(18)27/h2,4-6,8-10,12-13,16H,1,3,7,11H2,(H2,23,25,26)/t13-,16+/m1/s1. The average molecular weight is 394 g/mol. The van der Waals surface area contributed by atoms with Gasteiger partial charge in [0.05, 0.1) is 22.5 Å². The van der Waals surface area contributed by atoms with E-state index >= 15 is 0 Å². The molecule has 0 aliphatic heterocycles. The molecule has 5 rings (SSSR count). The van der Waals surface area contributed by atoms with Gasteiger partial charge in [-0.2, -0.15) is 0 Å². The predicted octanol–water partition coefficient (Wildman–Crippen LogP) is 4.64. The van der Waals surface area contributed by atoms with Crippen molar-refractivity contribution in [1.82, 2.24) is 19.5 Å². The minimum absolute atomic E-state index is 0.417. The number of nitrogens with two attached hydrogens (primary N) is 1. The molecule has 28 heavy (non-hydrogen) atoms. The molecule has 2 atom stereocenters. The lowest BCUT2D eigenvalue weighted by molar-refractivity contribution is 0.248. The third-order valence-corrected chi connectivity index (χ3v) is 5.76. The number of nitrogen functional groups attached to an aromatic ring is 1. The van der Waals surface area contributed by atoms with Crippen molar-refractivity contribution in [1.29, 1.82) is 0 Å². The molecular formula is C21H20ClN5O. The number of aromatic nitrogens is 4. The van der Waals surface area contributed by atoms with Crippen molar-refractivity contribution < 1.29 is 4.74 Å². The van der Waals surface area contributed by atoms with E-state index < -0.39 is 0 Å². The zero-order valence-corrected chi connectivity index (χ0v) is 16.0. The molecule has 6 nitrogen and oxygen atoms in total. The van der Waals surface area contributed by atoms with Gasteiger partial charge in [-0.05, 0) is 49.4 Å². The van der Waals surface area contributed by atoms with E-state index in [1.54, 1.807) is 6.20 Å². The molecule has 2 N–H and O–H groups in total. The molecule has 0 spiro atoms. The Bertz CT molecular complexity index is 1160. The molecule has 1 aromatic carbocycles. The molecular weight excluding hydrogens is 374 g/mol. The number of ether oxygens (including phenoxy) is 1. The Morgan fingerprint density at radius 3 is 3.00 bits per heavy atom. The first-order valence-electron chi connectivity index (χ1n) is 9.42. The third kappa shape index (κ3) is 3.14. The van der Waals surface area contributed by atoms with Crippen LogP contribution in [0.5, 0.6) is 5.75 Å². The van der Waals surface area contributed by atoms with E-state index in [2.05, 4.69) is 25.7 Å². The summed E-state index contributed by atoms with van der Waals surface area (Å²) in [6.45, 7) is 0.700. The van der Waals surface area contributed by atoms with Crippen LogP contribution in [0.2, 0.25) is 5.02 Å². The average Bonchev–Trinajstić information content (AvgIpc) is 3.33. The fraction of sp³-hybridized carbons (Fsp3) is 0.286. The largest absolute Gasteiger partial charge is 0.493 e. The van der Waals surface area contributed by atoms with Crippen LogP contribution in [0.1, 0.15) is 25.3 Å². The Labute approximate surface area is 167 Å². The van der Waals surface area contributed by atoms with Crippen molar-refractivity contribution in [3.05, 3.63) is 54.1 Å². The van der Waals surface area contributed by atoms with E-state index in [1.807, 2.05) is 30.3 Å². The maximum absolute atomic E-state index is 6.07. The molecule has 3 heterocycles. The van der Waals surface area contributed by atoms with Gasteiger partial charge in [-0.25, -0.2) is 9.97 Å². The molecule has 1 fully saturated rings. The summed E-state index contributed by atoms with van der Waals surface area (Å²) in [7, 11) is 0. The number of benzene rings is 1. The Balaban J connectivity index is 1.26. The minimum Gasteiger partial charge on any atom is -0.493 e. The van der Waals surface area contributed by atoms with Crippen LogP contribution >= 0.6 is 11.6 Å². The molecule has 0 saturated heterocycles. The van der Waals surface area contributed by atoms with Gasteiger partial charge in [-0.15, -0.1) is 0 Å². The summed E-state index contributed by atoms with van der Waals surface area (Å²) in [5.41, 5.74) is 7.76. The zero-order valence-electron chi connectivity index (χ0n) is 15.3. The van der Waals surface area contributed by atoms with Crippen molar-refractivity contribution in [3.63, 3.8) is 0 Å². The molecule has 0 unspecified atom stereocenters. The van der Waals surface area contributed by atoms with Gasteiger partial charge >= 0.3 is 0 Å². The fourth-order valence-corrected chi connectivity index (χ4v) is 4.28. The second-order valence-corrected chi connectivity index (χ2v) is 7.81. The molecule has 0 amide bonds. The number of hydrogen-bond acceptors (Lipinski definition) is 5. The summed E-state index contributed by atoms with van der Waals surface area (Å²) in [5.74, 6) is 1.89. The first-order chi connectivity index (χ1) is 13.7. The Hall–Kier alpha value is -2.86. The van der Waals surface area contributed by atoms with Crippen LogP contribution in [0.25, 0.3) is 21.9 Å². The van der Waals surface area contributed by atoms with E-state index in [9.17, 15) is 0 Å². The molecule has 3 aromatic heterocycles. The molecule has 1 aliphatic rings. The van der Waals surface area contributed by atoms with Crippen LogP contribution in [0, 0.1) is 5.92 Å². The highest BCUT2D eigenvalue weighted by atomic mass is 35.5. The lowest BCUT2D eigenvalue weighted by Gasteiger charge is -2.15. The summed E-state index contributed by atoms with van der Waals surface area (Å²) in [4.78, 5) is 12.9. The molecule has 142 valence electrons. The zero-order chi connectivity index (χ0) is 19.1. The first-order valence-corrected chi connectivity index (χ1v) is 9.80. The van der Waals surface area contributed by atoms with Crippen LogP contribution in [0.15, 0.2) is 49.1 Å². The van der Waals surface area contributed by atoms with E-state index in [4.69, 9.17) is 22.1 Å². The number of pyridine rings is 1. The van der Waals surface area contributed by atoms with E-state index in [-0.39, 0.29) is 0 Å². The number of halogens is 1. The van der Waals surface area contributed by atoms with E-state index in [0.717, 1.165) is 46.9 Å². The van der Waals surface area contributed by atoms with Crippen LogP contribution in [0.4, 0.5) is 5.82 Å². The lowest BCUT2D eigenvalue weighted by Crippen LogP contribution is -2.10.